The maximum atomic E-state index is 13.4. The molecule has 0 aliphatic heterocycles. The number of carbonyl (C=O) groups excluding carboxylic acids is 1. The van der Waals surface area contributed by atoms with Gasteiger partial charge in [-0.05, 0) is 47.5 Å². The van der Waals surface area contributed by atoms with E-state index in [1.165, 1.54) is 6.07 Å². The number of rotatable bonds is 5. The van der Waals surface area contributed by atoms with Crippen LogP contribution in [0.2, 0.25) is 0 Å². The van der Waals surface area contributed by atoms with Crippen LogP contribution in [-0.2, 0) is 6.42 Å². The van der Waals surface area contributed by atoms with E-state index in [1.54, 1.807) is 12.1 Å². The van der Waals surface area contributed by atoms with Gasteiger partial charge in [0.05, 0.1) is 16.6 Å². The van der Waals surface area contributed by atoms with Crippen molar-refractivity contribution in [2.45, 2.75) is 32.7 Å². The molecule has 1 atom stereocenters. The molecular formula is C15H16BrFN2O. The number of nitrogens with zero attached hydrogens (tertiary/aromatic N) is 2. The van der Waals surface area contributed by atoms with Crippen molar-refractivity contribution >= 4 is 21.7 Å². The Balaban J connectivity index is 2.11. The second-order valence-corrected chi connectivity index (χ2v) is 5.63. The maximum Gasteiger partial charge on any atom is 0.168 e. The molecule has 0 N–H and O–H groups in total. The predicted molar refractivity (Wildman–Crippen MR) is 79.4 cm³/mol. The average Bonchev–Trinajstić information content (AvgIpc) is 2.89. The van der Waals surface area contributed by atoms with Gasteiger partial charge in [0.1, 0.15) is 5.82 Å². The minimum absolute atomic E-state index is 0.134. The first-order valence-corrected chi connectivity index (χ1v) is 7.32. The molecule has 20 heavy (non-hydrogen) atoms. The standard InChI is InChI=1S/C15H16BrFN2O/c1-3-10(2)19-7-6-12(18-19)9-15(20)11-4-5-13(16)14(17)8-11/h4-8,10H,3,9H2,1-2H3. The lowest BCUT2D eigenvalue weighted by molar-refractivity contribution is 0.0991. The minimum atomic E-state index is -0.430. The van der Waals surface area contributed by atoms with E-state index < -0.39 is 5.82 Å². The molecule has 0 saturated heterocycles. The summed E-state index contributed by atoms with van der Waals surface area (Å²) in [6.07, 6.45) is 3.04. The third-order valence-electron chi connectivity index (χ3n) is 3.29. The molecule has 5 heteroatoms. The summed E-state index contributed by atoms with van der Waals surface area (Å²) in [4.78, 5) is 12.1. The van der Waals surface area contributed by atoms with Gasteiger partial charge < -0.3 is 0 Å². The van der Waals surface area contributed by atoms with E-state index in [4.69, 9.17) is 0 Å². The zero-order chi connectivity index (χ0) is 14.7. The van der Waals surface area contributed by atoms with E-state index in [0.29, 0.717) is 21.8 Å². The zero-order valence-electron chi connectivity index (χ0n) is 11.4. The molecule has 0 spiro atoms. The van der Waals surface area contributed by atoms with Crippen LogP contribution in [0.4, 0.5) is 4.39 Å². The molecule has 0 radical (unpaired) electrons. The number of ketones is 1. The van der Waals surface area contributed by atoms with Gasteiger partial charge in [-0.3, -0.25) is 9.48 Å². The molecule has 0 fully saturated rings. The summed E-state index contributed by atoms with van der Waals surface area (Å²) in [5, 5.41) is 4.38. The number of carbonyl (C=O) groups is 1. The van der Waals surface area contributed by atoms with E-state index in [-0.39, 0.29) is 12.2 Å². The van der Waals surface area contributed by atoms with Crippen LogP contribution in [0, 0.1) is 5.82 Å². The molecular weight excluding hydrogens is 323 g/mol. The lowest BCUT2D eigenvalue weighted by Crippen LogP contribution is -2.08. The highest BCUT2D eigenvalue weighted by atomic mass is 79.9. The minimum Gasteiger partial charge on any atom is -0.294 e. The SMILES string of the molecule is CCC(C)n1ccc(CC(=O)c2ccc(Br)c(F)c2)n1. The molecule has 0 bridgehead atoms. The van der Waals surface area contributed by atoms with Gasteiger partial charge in [0.2, 0.25) is 0 Å². The molecule has 0 aliphatic carbocycles. The van der Waals surface area contributed by atoms with Gasteiger partial charge in [-0.2, -0.15) is 5.10 Å². The van der Waals surface area contributed by atoms with Crippen molar-refractivity contribution in [1.29, 1.82) is 0 Å². The van der Waals surface area contributed by atoms with Crippen LogP contribution >= 0.6 is 15.9 Å². The van der Waals surface area contributed by atoms with Crippen molar-refractivity contribution in [3.8, 4) is 0 Å². The van der Waals surface area contributed by atoms with Gasteiger partial charge >= 0.3 is 0 Å². The molecule has 0 amide bonds. The number of Topliss-reactive ketones (excluding diaryl/α,β-unsaturated/α-hetero) is 1. The Morgan fingerprint density at radius 2 is 2.20 bits per heavy atom. The maximum absolute atomic E-state index is 13.4. The molecule has 0 aliphatic rings. The van der Waals surface area contributed by atoms with Gasteiger partial charge in [0.25, 0.3) is 0 Å². The fourth-order valence-electron chi connectivity index (χ4n) is 1.84. The highest BCUT2D eigenvalue weighted by molar-refractivity contribution is 9.10. The number of benzene rings is 1. The fourth-order valence-corrected chi connectivity index (χ4v) is 2.09. The van der Waals surface area contributed by atoms with Crippen LogP contribution in [0.25, 0.3) is 0 Å². The quantitative estimate of drug-likeness (QED) is 0.766. The van der Waals surface area contributed by atoms with Crippen LogP contribution in [0.15, 0.2) is 34.9 Å². The van der Waals surface area contributed by atoms with Crippen molar-refractivity contribution < 1.29 is 9.18 Å². The number of halogens is 2. The Morgan fingerprint density at radius 1 is 1.45 bits per heavy atom. The van der Waals surface area contributed by atoms with Gasteiger partial charge in [-0.15, -0.1) is 0 Å². The topological polar surface area (TPSA) is 34.9 Å². The summed E-state index contributed by atoms with van der Waals surface area (Å²) in [7, 11) is 0. The number of aromatic nitrogens is 2. The molecule has 0 saturated carbocycles. The van der Waals surface area contributed by atoms with E-state index in [2.05, 4.69) is 34.9 Å². The molecule has 2 aromatic rings. The second-order valence-electron chi connectivity index (χ2n) is 4.77. The molecule has 1 unspecified atom stereocenters. The summed E-state index contributed by atoms with van der Waals surface area (Å²) < 4.78 is 15.6. The highest BCUT2D eigenvalue weighted by Gasteiger charge is 2.12. The normalized spacial score (nSPS) is 12.4. The van der Waals surface area contributed by atoms with E-state index in [0.717, 1.165) is 6.42 Å². The number of hydrogen-bond donors (Lipinski definition) is 0. The van der Waals surface area contributed by atoms with Crippen LogP contribution < -0.4 is 0 Å². The Kier molecular flexibility index (Phi) is 4.70. The van der Waals surface area contributed by atoms with Crippen molar-refractivity contribution in [2.24, 2.45) is 0 Å². The Bertz CT molecular complexity index is 624. The van der Waals surface area contributed by atoms with Gasteiger partial charge in [0.15, 0.2) is 5.78 Å². The van der Waals surface area contributed by atoms with Crippen molar-refractivity contribution in [3.63, 3.8) is 0 Å². The molecule has 1 heterocycles. The summed E-state index contributed by atoms with van der Waals surface area (Å²) >= 11 is 3.07. The first-order valence-electron chi connectivity index (χ1n) is 6.53. The summed E-state index contributed by atoms with van der Waals surface area (Å²) in [5.74, 6) is -0.563. The third-order valence-corrected chi connectivity index (χ3v) is 3.93. The van der Waals surface area contributed by atoms with E-state index in [1.807, 2.05) is 16.9 Å². The Morgan fingerprint density at radius 3 is 2.85 bits per heavy atom. The average molecular weight is 339 g/mol. The summed E-state index contributed by atoms with van der Waals surface area (Å²) in [6, 6.07) is 6.54. The molecule has 3 nitrogen and oxygen atoms in total. The molecule has 106 valence electrons. The first-order chi connectivity index (χ1) is 9.51. The van der Waals surface area contributed by atoms with Crippen molar-refractivity contribution in [1.82, 2.24) is 9.78 Å². The first kappa shape index (κ1) is 14.9. The van der Waals surface area contributed by atoms with Crippen LogP contribution in [0.1, 0.15) is 42.4 Å². The van der Waals surface area contributed by atoms with Gasteiger partial charge in [-0.1, -0.05) is 13.0 Å². The van der Waals surface area contributed by atoms with Gasteiger partial charge in [0, 0.05) is 17.8 Å². The largest absolute Gasteiger partial charge is 0.294 e. The number of hydrogen-bond acceptors (Lipinski definition) is 2. The van der Waals surface area contributed by atoms with Gasteiger partial charge in [-0.25, -0.2) is 4.39 Å². The Hall–Kier alpha value is -1.49. The molecule has 2 rings (SSSR count). The highest BCUT2D eigenvalue weighted by Crippen LogP contribution is 2.18. The van der Waals surface area contributed by atoms with Crippen molar-refractivity contribution in [3.05, 3.63) is 52.0 Å². The smallest absolute Gasteiger partial charge is 0.168 e. The van der Waals surface area contributed by atoms with Crippen LogP contribution in [-0.4, -0.2) is 15.6 Å². The van der Waals surface area contributed by atoms with Crippen LogP contribution in [0.5, 0.6) is 0 Å². The zero-order valence-corrected chi connectivity index (χ0v) is 13.0. The molecule has 1 aromatic carbocycles. The summed E-state index contributed by atoms with van der Waals surface area (Å²) in [5.41, 5.74) is 1.07. The lowest BCUT2D eigenvalue weighted by atomic mass is 10.1. The van der Waals surface area contributed by atoms with Crippen LogP contribution in [0.3, 0.4) is 0 Å². The Labute approximate surface area is 125 Å². The predicted octanol–water partition coefficient (Wildman–Crippen LogP) is 4.18. The monoisotopic (exact) mass is 338 g/mol. The van der Waals surface area contributed by atoms with Crippen molar-refractivity contribution in [2.75, 3.05) is 0 Å². The second kappa shape index (κ2) is 6.31. The lowest BCUT2D eigenvalue weighted by Gasteiger charge is -2.08. The molecule has 1 aromatic heterocycles. The third kappa shape index (κ3) is 3.33. The summed E-state index contributed by atoms with van der Waals surface area (Å²) in [6.45, 7) is 4.16. The van der Waals surface area contributed by atoms with E-state index in [9.17, 15) is 9.18 Å². The van der Waals surface area contributed by atoms with E-state index >= 15 is 0 Å². The fraction of sp³-hybridized carbons (Fsp3) is 0.333.